The number of benzene rings is 1. The molecule has 3 rings (SSSR count). The van der Waals surface area contributed by atoms with Crippen LogP contribution in [0.5, 0.6) is 0 Å². The van der Waals surface area contributed by atoms with Crippen molar-refractivity contribution in [3.63, 3.8) is 0 Å². The van der Waals surface area contributed by atoms with Crippen molar-refractivity contribution < 1.29 is 4.79 Å². The molecule has 2 heterocycles. The lowest BCUT2D eigenvalue weighted by Gasteiger charge is -2.08. The summed E-state index contributed by atoms with van der Waals surface area (Å²) in [6, 6.07) is 14.1. The number of hydrogen-bond acceptors (Lipinski definition) is 4. The van der Waals surface area contributed by atoms with Gasteiger partial charge in [0, 0.05) is 35.6 Å². The van der Waals surface area contributed by atoms with Crippen LogP contribution in [0.3, 0.4) is 0 Å². The van der Waals surface area contributed by atoms with E-state index in [9.17, 15) is 9.59 Å². The number of nitrogens with zero attached hydrogens (tertiary/aromatic N) is 3. The predicted octanol–water partition coefficient (Wildman–Crippen LogP) is 2.32. The molecule has 0 bridgehead atoms. The first-order chi connectivity index (χ1) is 12.6. The first kappa shape index (κ1) is 17.8. The fourth-order valence-corrected chi connectivity index (χ4v) is 2.55. The molecule has 0 saturated carbocycles. The van der Waals surface area contributed by atoms with Crippen molar-refractivity contribution in [3.05, 3.63) is 81.9 Å². The molecule has 0 fully saturated rings. The largest absolute Gasteiger partial charge is 0.354 e. The topological polar surface area (TPSA) is 76.9 Å². The van der Waals surface area contributed by atoms with Crippen LogP contribution in [0.4, 0.5) is 0 Å². The first-order valence-electron chi connectivity index (χ1n) is 8.11. The van der Waals surface area contributed by atoms with E-state index in [1.54, 1.807) is 24.5 Å². The van der Waals surface area contributed by atoms with E-state index < -0.39 is 0 Å². The van der Waals surface area contributed by atoms with Gasteiger partial charge in [-0.3, -0.25) is 14.6 Å². The van der Waals surface area contributed by atoms with Crippen molar-refractivity contribution in [1.29, 1.82) is 0 Å². The van der Waals surface area contributed by atoms with Gasteiger partial charge in [-0.15, -0.1) is 0 Å². The maximum absolute atomic E-state index is 12.1. The van der Waals surface area contributed by atoms with Crippen LogP contribution in [0.2, 0.25) is 5.02 Å². The highest BCUT2D eigenvalue weighted by Crippen LogP contribution is 2.12. The Bertz CT molecular complexity index is 940. The molecule has 0 aliphatic rings. The zero-order valence-electron chi connectivity index (χ0n) is 13.9. The van der Waals surface area contributed by atoms with Crippen LogP contribution < -0.4 is 10.9 Å². The van der Waals surface area contributed by atoms with Gasteiger partial charge in [0.25, 0.3) is 5.56 Å². The Morgan fingerprint density at radius 1 is 1.12 bits per heavy atom. The zero-order chi connectivity index (χ0) is 18.4. The second-order valence-corrected chi connectivity index (χ2v) is 6.12. The summed E-state index contributed by atoms with van der Waals surface area (Å²) in [5, 5.41) is 7.72. The molecule has 0 aliphatic carbocycles. The molecule has 26 heavy (non-hydrogen) atoms. The van der Waals surface area contributed by atoms with Crippen molar-refractivity contribution >= 4 is 17.5 Å². The van der Waals surface area contributed by atoms with Gasteiger partial charge in [-0.2, -0.15) is 5.10 Å². The number of hydrogen-bond donors (Lipinski definition) is 1. The lowest BCUT2D eigenvalue weighted by molar-refractivity contribution is -0.121. The second kappa shape index (κ2) is 8.40. The molecule has 1 aromatic carbocycles. The molecule has 0 radical (unpaired) electrons. The van der Waals surface area contributed by atoms with Crippen LogP contribution in [0.15, 0.2) is 65.7 Å². The third-order valence-electron chi connectivity index (χ3n) is 3.77. The monoisotopic (exact) mass is 368 g/mol. The molecule has 0 atom stereocenters. The summed E-state index contributed by atoms with van der Waals surface area (Å²) in [5.74, 6) is -0.267. The number of aromatic nitrogens is 3. The molecule has 7 heteroatoms. The van der Waals surface area contributed by atoms with E-state index >= 15 is 0 Å². The van der Waals surface area contributed by atoms with Crippen molar-refractivity contribution in [2.24, 2.45) is 0 Å². The van der Waals surface area contributed by atoms with Gasteiger partial charge < -0.3 is 5.32 Å². The number of carbonyl (C=O) groups excluding carboxylic acids is 1. The predicted molar refractivity (Wildman–Crippen MR) is 99.9 cm³/mol. The van der Waals surface area contributed by atoms with E-state index in [1.165, 1.54) is 6.07 Å². The van der Waals surface area contributed by atoms with E-state index in [-0.39, 0.29) is 18.0 Å². The van der Waals surface area contributed by atoms with Gasteiger partial charge in [0.2, 0.25) is 5.91 Å². The van der Waals surface area contributed by atoms with Crippen molar-refractivity contribution in [2.45, 2.75) is 13.0 Å². The first-order valence-corrected chi connectivity index (χ1v) is 8.49. The molecule has 0 unspecified atom stereocenters. The van der Waals surface area contributed by atoms with Gasteiger partial charge in [0.15, 0.2) is 0 Å². The molecule has 1 N–H and O–H groups in total. The maximum Gasteiger partial charge on any atom is 0.267 e. The molecule has 0 aliphatic heterocycles. The molecule has 1 amide bonds. The summed E-state index contributed by atoms with van der Waals surface area (Å²) in [7, 11) is 0. The highest BCUT2D eigenvalue weighted by molar-refractivity contribution is 6.30. The summed E-state index contributed by atoms with van der Waals surface area (Å²) >= 11 is 5.85. The quantitative estimate of drug-likeness (QED) is 0.724. The van der Waals surface area contributed by atoms with Gasteiger partial charge >= 0.3 is 0 Å². The van der Waals surface area contributed by atoms with E-state index in [0.29, 0.717) is 23.7 Å². The lowest BCUT2D eigenvalue weighted by atomic mass is 10.1. The van der Waals surface area contributed by atoms with Crippen molar-refractivity contribution in [3.8, 4) is 11.3 Å². The van der Waals surface area contributed by atoms with Crippen molar-refractivity contribution in [1.82, 2.24) is 20.1 Å². The van der Waals surface area contributed by atoms with Crippen LogP contribution in [0.1, 0.15) is 5.56 Å². The Morgan fingerprint density at radius 2 is 1.92 bits per heavy atom. The fraction of sp³-hybridized carbons (Fsp3) is 0.158. The fourth-order valence-electron chi connectivity index (χ4n) is 2.42. The Hall–Kier alpha value is -2.99. The van der Waals surface area contributed by atoms with E-state index in [2.05, 4.69) is 15.4 Å². The van der Waals surface area contributed by atoms with Crippen LogP contribution in [0, 0.1) is 0 Å². The second-order valence-electron chi connectivity index (χ2n) is 5.68. The molecule has 0 spiro atoms. The number of pyridine rings is 1. The smallest absolute Gasteiger partial charge is 0.267 e. The zero-order valence-corrected chi connectivity index (χ0v) is 14.7. The van der Waals surface area contributed by atoms with Gasteiger partial charge in [-0.25, -0.2) is 4.68 Å². The number of nitrogens with one attached hydrogen (secondary N) is 1. The molecule has 132 valence electrons. The number of rotatable bonds is 6. The van der Waals surface area contributed by atoms with Crippen LogP contribution in [0.25, 0.3) is 11.3 Å². The minimum absolute atomic E-state index is 0.131. The van der Waals surface area contributed by atoms with E-state index in [4.69, 9.17) is 11.6 Å². The molecule has 6 nitrogen and oxygen atoms in total. The van der Waals surface area contributed by atoms with Gasteiger partial charge in [-0.1, -0.05) is 23.7 Å². The van der Waals surface area contributed by atoms with Crippen molar-refractivity contribution in [2.75, 3.05) is 6.54 Å². The average molecular weight is 369 g/mol. The normalized spacial score (nSPS) is 10.5. The highest BCUT2D eigenvalue weighted by Gasteiger charge is 2.08. The third kappa shape index (κ3) is 4.77. The standard InChI is InChI=1S/C19H17ClN4O2/c20-16-5-3-14(4-6-16)9-11-22-18(25)13-24-19(26)8-7-17(23-24)15-2-1-10-21-12-15/h1-8,10,12H,9,11,13H2,(H,22,25). The highest BCUT2D eigenvalue weighted by atomic mass is 35.5. The van der Waals surface area contributed by atoms with Crippen LogP contribution in [-0.4, -0.2) is 27.2 Å². The minimum Gasteiger partial charge on any atom is -0.354 e. The Balaban J connectivity index is 1.60. The van der Waals surface area contributed by atoms with Crippen LogP contribution >= 0.6 is 11.6 Å². The lowest BCUT2D eigenvalue weighted by Crippen LogP contribution is -2.34. The van der Waals surface area contributed by atoms with Gasteiger partial charge in [-0.05, 0) is 42.3 Å². The summed E-state index contributed by atoms with van der Waals surface area (Å²) < 4.78 is 1.15. The molecular weight excluding hydrogens is 352 g/mol. The maximum atomic E-state index is 12.1. The SMILES string of the molecule is O=C(Cn1nc(-c2cccnc2)ccc1=O)NCCc1ccc(Cl)cc1. The number of amides is 1. The van der Waals surface area contributed by atoms with E-state index in [1.807, 2.05) is 30.3 Å². The molecule has 3 aromatic rings. The summed E-state index contributed by atoms with van der Waals surface area (Å²) in [5.41, 5.74) is 2.12. The summed E-state index contributed by atoms with van der Waals surface area (Å²) in [6.45, 7) is 0.338. The molecule has 0 saturated heterocycles. The average Bonchev–Trinajstić information content (AvgIpc) is 2.66. The molecule has 2 aromatic heterocycles. The minimum atomic E-state index is -0.328. The number of carbonyl (C=O) groups is 1. The van der Waals surface area contributed by atoms with Crippen LogP contribution in [-0.2, 0) is 17.8 Å². The summed E-state index contributed by atoms with van der Waals surface area (Å²) in [4.78, 5) is 28.1. The number of halogens is 1. The Morgan fingerprint density at radius 3 is 2.65 bits per heavy atom. The summed E-state index contributed by atoms with van der Waals surface area (Å²) in [6.07, 6.45) is 4.00. The van der Waals surface area contributed by atoms with Gasteiger partial charge in [0.1, 0.15) is 6.54 Å². The Kier molecular flexibility index (Phi) is 5.76. The molecular formula is C19H17ClN4O2. The van der Waals surface area contributed by atoms with E-state index in [0.717, 1.165) is 15.8 Å². The Labute approximate surface area is 155 Å². The third-order valence-corrected chi connectivity index (χ3v) is 4.02. The van der Waals surface area contributed by atoms with Gasteiger partial charge in [0.05, 0.1) is 5.69 Å².